The number of hydrogen-bond donors (Lipinski definition) is 1. The molecule has 2 heterocycles. The zero-order valence-corrected chi connectivity index (χ0v) is 9.71. The number of fused-ring (bicyclic) bond motifs is 1. The molecule has 1 aliphatic carbocycles. The van der Waals surface area contributed by atoms with Crippen LogP contribution < -0.4 is 5.32 Å². The first-order chi connectivity index (χ1) is 8.43. The molecule has 90 valence electrons. The Labute approximate surface area is 99.4 Å². The molecule has 0 atom stereocenters. The van der Waals surface area contributed by atoms with Crippen LogP contribution in [0.1, 0.15) is 38.5 Å². The van der Waals surface area contributed by atoms with E-state index >= 15 is 0 Å². The SMILES string of the molecule is c1ncc2nnnn2c1NC1CCCCCC1. The van der Waals surface area contributed by atoms with Crippen LogP contribution in [0, 0.1) is 0 Å². The molecule has 0 bridgehead atoms. The van der Waals surface area contributed by atoms with Gasteiger partial charge >= 0.3 is 0 Å². The summed E-state index contributed by atoms with van der Waals surface area (Å²) in [4.78, 5) is 4.15. The third-order valence-electron chi connectivity index (χ3n) is 3.32. The predicted octanol–water partition coefficient (Wildman–Crippen LogP) is 1.65. The molecule has 17 heavy (non-hydrogen) atoms. The van der Waals surface area contributed by atoms with Crippen molar-refractivity contribution in [1.82, 2.24) is 25.0 Å². The summed E-state index contributed by atoms with van der Waals surface area (Å²) in [7, 11) is 0. The highest BCUT2D eigenvalue weighted by Gasteiger charge is 2.13. The lowest BCUT2D eigenvalue weighted by Gasteiger charge is -2.17. The van der Waals surface area contributed by atoms with Crippen LogP contribution in [0.25, 0.3) is 5.65 Å². The van der Waals surface area contributed by atoms with Crippen molar-refractivity contribution in [2.75, 3.05) is 5.32 Å². The van der Waals surface area contributed by atoms with Crippen molar-refractivity contribution >= 4 is 11.5 Å². The van der Waals surface area contributed by atoms with Crippen LogP contribution in [-0.4, -0.2) is 31.1 Å². The van der Waals surface area contributed by atoms with Gasteiger partial charge in [-0.1, -0.05) is 25.7 Å². The van der Waals surface area contributed by atoms with Gasteiger partial charge in [0.1, 0.15) is 0 Å². The molecule has 3 rings (SSSR count). The molecule has 1 aliphatic rings. The fraction of sp³-hybridized carbons (Fsp3) is 0.636. The van der Waals surface area contributed by atoms with Crippen molar-refractivity contribution in [2.45, 2.75) is 44.6 Å². The number of nitrogens with zero attached hydrogens (tertiary/aromatic N) is 5. The molecule has 0 aliphatic heterocycles. The highest BCUT2D eigenvalue weighted by atomic mass is 15.5. The lowest BCUT2D eigenvalue weighted by molar-refractivity contribution is 0.613. The summed E-state index contributed by atoms with van der Waals surface area (Å²) in [6.45, 7) is 0. The summed E-state index contributed by atoms with van der Waals surface area (Å²) < 4.78 is 1.71. The molecule has 2 aromatic rings. The average Bonchev–Trinajstić information content (AvgIpc) is 2.69. The highest BCUT2D eigenvalue weighted by Crippen LogP contribution is 2.20. The van der Waals surface area contributed by atoms with Crippen molar-refractivity contribution in [3.05, 3.63) is 12.4 Å². The van der Waals surface area contributed by atoms with Gasteiger partial charge in [0.05, 0.1) is 12.4 Å². The monoisotopic (exact) mass is 232 g/mol. The van der Waals surface area contributed by atoms with Gasteiger partial charge in [0.15, 0.2) is 11.5 Å². The first-order valence-electron chi connectivity index (χ1n) is 6.22. The number of rotatable bonds is 2. The molecule has 6 nitrogen and oxygen atoms in total. The van der Waals surface area contributed by atoms with Crippen LogP contribution in [0.15, 0.2) is 12.4 Å². The number of anilines is 1. The second-order valence-corrected chi connectivity index (χ2v) is 4.57. The van der Waals surface area contributed by atoms with E-state index in [-0.39, 0.29) is 0 Å². The summed E-state index contributed by atoms with van der Waals surface area (Å²) in [5.74, 6) is 0.888. The largest absolute Gasteiger partial charge is 0.366 e. The van der Waals surface area contributed by atoms with Crippen LogP contribution in [0.4, 0.5) is 5.82 Å². The molecule has 1 saturated carbocycles. The van der Waals surface area contributed by atoms with Gasteiger partial charge in [-0.3, -0.25) is 4.98 Å². The van der Waals surface area contributed by atoms with Crippen LogP contribution in [0.3, 0.4) is 0 Å². The molecule has 1 N–H and O–H groups in total. The minimum atomic E-state index is 0.522. The van der Waals surface area contributed by atoms with Gasteiger partial charge in [0.2, 0.25) is 0 Å². The highest BCUT2D eigenvalue weighted by molar-refractivity contribution is 5.44. The fourth-order valence-electron chi connectivity index (χ4n) is 2.41. The standard InChI is InChI=1S/C11H16N6/c1-2-4-6-9(5-3-1)13-10-7-12-8-11-14-15-16-17(10)11/h7-9,13H,1-6H2. The normalized spacial score (nSPS) is 18.1. The van der Waals surface area contributed by atoms with Gasteiger partial charge in [0.25, 0.3) is 0 Å². The van der Waals surface area contributed by atoms with Gasteiger partial charge in [-0.25, -0.2) is 0 Å². The molecular weight excluding hydrogens is 216 g/mol. The van der Waals surface area contributed by atoms with E-state index in [9.17, 15) is 0 Å². The quantitative estimate of drug-likeness (QED) is 0.797. The Bertz CT molecular complexity index is 485. The number of aromatic nitrogens is 5. The van der Waals surface area contributed by atoms with Crippen LogP contribution in [0.5, 0.6) is 0 Å². The van der Waals surface area contributed by atoms with E-state index in [4.69, 9.17) is 0 Å². The lowest BCUT2D eigenvalue weighted by Crippen LogP contribution is -2.20. The third kappa shape index (κ3) is 2.20. The van der Waals surface area contributed by atoms with Gasteiger partial charge < -0.3 is 5.32 Å². The predicted molar refractivity (Wildman–Crippen MR) is 63.7 cm³/mol. The summed E-state index contributed by atoms with van der Waals surface area (Å²) >= 11 is 0. The van der Waals surface area contributed by atoms with E-state index in [1.807, 2.05) is 0 Å². The van der Waals surface area contributed by atoms with E-state index < -0.39 is 0 Å². The topological polar surface area (TPSA) is 68.0 Å². The molecule has 1 fully saturated rings. The van der Waals surface area contributed by atoms with Gasteiger partial charge in [-0.05, 0) is 23.3 Å². The van der Waals surface area contributed by atoms with Crippen molar-refractivity contribution in [3.8, 4) is 0 Å². The molecular formula is C11H16N6. The van der Waals surface area contributed by atoms with Gasteiger partial charge in [0, 0.05) is 6.04 Å². The molecule has 0 amide bonds. The van der Waals surface area contributed by atoms with Gasteiger partial charge in [-0.2, -0.15) is 4.52 Å². The maximum Gasteiger partial charge on any atom is 0.199 e. The molecule has 2 aromatic heterocycles. The third-order valence-corrected chi connectivity index (χ3v) is 3.32. The summed E-state index contributed by atoms with van der Waals surface area (Å²) in [5.41, 5.74) is 0.684. The van der Waals surface area contributed by atoms with Gasteiger partial charge in [-0.15, -0.1) is 5.10 Å². The van der Waals surface area contributed by atoms with Crippen molar-refractivity contribution in [3.63, 3.8) is 0 Å². The number of hydrogen-bond acceptors (Lipinski definition) is 5. The molecule has 0 saturated heterocycles. The Morgan fingerprint density at radius 2 is 1.94 bits per heavy atom. The lowest BCUT2D eigenvalue weighted by atomic mass is 10.1. The Kier molecular flexibility index (Phi) is 2.85. The van der Waals surface area contributed by atoms with Crippen LogP contribution in [0.2, 0.25) is 0 Å². The number of nitrogens with one attached hydrogen (secondary N) is 1. The van der Waals surface area contributed by atoms with E-state index in [1.165, 1.54) is 38.5 Å². The second-order valence-electron chi connectivity index (χ2n) is 4.57. The van der Waals surface area contributed by atoms with Crippen LogP contribution >= 0.6 is 0 Å². The molecule has 6 heteroatoms. The van der Waals surface area contributed by atoms with E-state index in [1.54, 1.807) is 16.9 Å². The summed E-state index contributed by atoms with van der Waals surface area (Å²) in [6.07, 6.45) is 11.2. The number of tetrazole rings is 1. The van der Waals surface area contributed by atoms with E-state index in [0.717, 1.165) is 5.82 Å². The Hall–Kier alpha value is -1.72. The zero-order chi connectivity index (χ0) is 11.5. The maximum atomic E-state index is 4.15. The van der Waals surface area contributed by atoms with Crippen molar-refractivity contribution in [1.29, 1.82) is 0 Å². The minimum absolute atomic E-state index is 0.522. The first kappa shape index (κ1) is 10.4. The average molecular weight is 232 g/mol. The summed E-state index contributed by atoms with van der Waals surface area (Å²) in [5, 5.41) is 15.0. The van der Waals surface area contributed by atoms with Crippen molar-refractivity contribution < 1.29 is 0 Å². The fourth-order valence-corrected chi connectivity index (χ4v) is 2.41. The Morgan fingerprint density at radius 1 is 1.12 bits per heavy atom. The molecule has 0 aromatic carbocycles. The smallest absolute Gasteiger partial charge is 0.199 e. The van der Waals surface area contributed by atoms with Crippen LogP contribution in [-0.2, 0) is 0 Å². The maximum absolute atomic E-state index is 4.15. The minimum Gasteiger partial charge on any atom is -0.366 e. The van der Waals surface area contributed by atoms with Crippen molar-refractivity contribution in [2.24, 2.45) is 0 Å². The Morgan fingerprint density at radius 3 is 2.76 bits per heavy atom. The Balaban J connectivity index is 1.81. The molecule has 0 spiro atoms. The molecule has 0 radical (unpaired) electrons. The summed E-state index contributed by atoms with van der Waals surface area (Å²) in [6, 6.07) is 0.522. The second kappa shape index (κ2) is 4.65. The molecule has 0 unspecified atom stereocenters. The van der Waals surface area contributed by atoms with E-state index in [0.29, 0.717) is 11.7 Å². The zero-order valence-electron chi connectivity index (χ0n) is 9.71. The van der Waals surface area contributed by atoms with E-state index in [2.05, 4.69) is 25.8 Å². The first-order valence-corrected chi connectivity index (χ1v) is 6.22.